The average Bonchev–Trinajstić information content (AvgIpc) is 2.72. The highest BCUT2D eigenvalue weighted by Gasteiger charge is 2.33. The van der Waals surface area contributed by atoms with Crippen LogP contribution in [-0.2, 0) is 16.0 Å². The maximum Gasteiger partial charge on any atom is 0.573 e. The third kappa shape index (κ3) is 6.21. The molecule has 1 unspecified atom stereocenters. The van der Waals surface area contributed by atoms with Crippen molar-refractivity contribution < 1.29 is 32.2 Å². The Morgan fingerprint density at radius 3 is 2.57 bits per heavy atom. The summed E-state index contributed by atoms with van der Waals surface area (Å²) in [5.74, 6) is -1.43. The Labute approximate surface area is 171 Å². The number of amides is 2. The molecular formula is C21H21F3N2O4. The first kappa shape index (κ1) is 21.6. The van der Waals surface area contributed by atoms with Crippen molar-refractivity contribution in [2.45, 2.75) is 18.9 Å². The fraction of sp³-hybridized carbons (Fsp3) is 0.333. The van der Waals surface area contributed by atoms with Crippen LogP contribution < -0.4 is 10.1 Å². The summed E-state index contributed by atoms with van der Waals surface area (Å²) in [4.78, 5) is 26.1. The van der Waals surface area contributed by atoms with E-state index in [4.69, 9.17) is 4.74 Å². The Morgan fingerprint density at radius 2 is 1.83 bits per heavy atom. The van der Waals surface area contributed by atoms with E-state index in [1.165, 1.54) is 18.2 Å². The summed E-state index contributed by atoms with van der Waals surface area (Å²) >= 11 is 0. The molecule has 1 heterocycles. The standard InChI is InChI=1S/C21H21F3N2O4/c22-21(23,24)30-18-9-5-4-8-17(18)20(28)25-12-16-13-26(19(27)14-29-16)11-10-15-6-2-1-3-7-15/h1-9,16H,10-14H2,(H,25,28). The molecule has 0 spiro atoms. The van der Waals surface area contributed by atoms with Crippen molar-refractivity contribution in [3.05, 3.63) is 65.7 Å². The number of carbonyl (C=O) groups excluding carboxylic acids is 2. The lowest BCUT2D eigenvalue weighted by atomic mass is 10.1. The topological polar surface area (TPSA) is 67.9 Å². The first-order chi connectivity index (χ1) is 14.3. The number of benzene rings is 2. The highest BCUT2D eigenvalue weighted by Crippen LogP contribution is 2.26. The van der Waals surface area contributed by atoms with Gasteiger partial charge < -0.3 is 19.7 Å². The van der Waals surface area contributed by atoms with Gasteiger partial charge in [0.15, 0.2) is 0 Å². The van der Waals surface area contributed by atoms with Crippen molar-refractivity contribution in [1.29, 1.82) is 0 Å². The lowest BCUT2D eigenvalue weighted by molar-refractivity contribution is -0.274. The molecule has 0 bridgehead atoms. The predicted octanol–water partition coefficient (Wildman–Crippen LogP) is 2.79. The number of rotatable bonds is 7. The van der Waals surface area contributed by atoms with Gasteiger partial charge in [0.2, 0.25) is 5.91 Å². The molecule has 0 saturated carbocycles. The first-order valence-corrected chi connectivity index (χ1v) is 9.38. The van der Waals surface area contributed by atoms with E-state index in [0.29, 0.717) is 13.0 Å². The molecular weight excluding hydrogens is 401 g/mol. The largest absolute Gasteiger partial charge is 0.573 e. The van der Waals surface area contributed by atoms with Crippen LogP contribution in [0.5, 0.6) is 5.75 Å². The zero-order valence-corrected chi connectivity index (χ0v) is 16.0. The molecule has 1 atom stereocenters. The number of hydrogen-bond acceptors (Lipinski definition) is 4. The number of para-hydroxylation sites is 1. The lowest BCUT2D eigenvalue weighted by Gasteiger charge is -2.33. The summed E-state index contributed by atoms with van der Waals surface area (Å²) in [5, 5.41) is 2.55. The molecule has 1 saturated heterocycles. The number of carbonyl (C=O) groups is 2. The molecule has 1 fully saturated rings. The van der Waals surface area contributed by atoms with Gasteiger partial charge in [0.05, 0.1) is 11.7 Å². The van der Waals surface area contributed by atoms with Crippen LogP contribution in [0, 0.1) is 0 Å². The van der Waals surface area contributed by atoms with Crippen LogP contribution in [-0.4, -0.2) is 55.4 Å². The fourth-order valence-corrected chi connectivity index (χ4v) is 3.10. The maximum absolute atomic E-state index is 12.5. The molecule has 2 aromatic carbocycles. The number of halogens is 3. The maximum atomic E-state index is 12.5. The molecule has 1 aliphatic heterocycles. The van der Waals surface area contributed by atoms with E-state index in [1.54, 1.807) is 4.90 Å². The number of alkyl halides is 3. The molecule has 0 radical (unpaired) electrons. The number of nitrogens with one attached hydrogen (secondary N) is 1. The molecule has 9 heteroatoms. The molecule has 160 valence electrons. The van der Waals surface area contributed by atoms with E-state index < -0.39 is 24.1 Å². The molecule has 2 amide bonds. The van der Waals surface area contributed by atoms with Crippen molar-refractivity contribution in [2.24, 2.45) is 0 Å². The lowest BCUT2D eigenvalue weighted by Crippen LogP contribution is -2.51. The van der Waals surface area contributed by atoms with Crippen LogP contribution in [0.25, 0.3) is 0 Å². The van der Waals surface area contributed by atoms with Gasteiger partial charge in [-0.3, -0.25) is 9.59 Å². The van der Waals surface area contributed by atoms with Gasteiger partial charge in [-0.05, 0) is 24.1 Å². The Hall–Kier alpha value is -3.07. The molecule has 30 heavy (non-hydrogen) atoms. The summed E-state index contributed by atoms with van der Waals surface area (Å²) in [6.07, 6.45) is -4.67. The van der Waals surface area contributed by atoms with Crippen LogP contribution in [0.4, 0.5) is 13.2 Å². The number of hydrogen-bond donors (Lipinski definition) is 1. The van der Waals surface area contributed by atoms with Crippen LogP contribution in [0.2, 0.25) is 0 Å². The minimum Gasteiger partial charge on any atom is -0.405 e. The predicted molar refractivity (Wildman–Crippen MR) is 102 cm³/mol. The minimum atomic E-state index is -4.90. The Balaban J connectivity index is 1.54. The van der Waals surface area contributed by atoms with Crippen molar-refractivity contribution in [3.8, 4) is 5.75 Å². The van der Waals surface area contributed by atoms with Crippen LogP contribution >= 0.6 is 0 Å². The summed E-state index contributed by atoms with van der Waals surface area (Å²) in [5.41, 5.74) is 0.866. The highest BCUT2D eigenvalue weighted by atomic mass is 19.4. The summed E-state index contributed by atoms with van der Waals surface area (Å²) in [6, 6.07) is 14.8. The summed E-state index contributed by atoms with van der Waals surface area (Å²) < 4.78 is 46.9. The zero-order chi connectivity index (χ0) is 21.6. The third-order valence-corrected chi connectivity index (χ3v) is 4.58. The summed E-state index contributed by atoms with van der Waals surface area (Å²) in [6.45, 7) is 0.739. The van der Waals surface area contributed by atoms with Crippen LogP contribution in [0.15, 0.2) is 54.6 Å². The van der Waals surface area contributed by atoms with E-state index in [2.05, 4.69) is 10.1 Å². The van der Waals surface area contributed by atoms with Crippen LogP contribution in [0.3, 0.4) is 0 Å². The second-order valence-corrected chi connectivity index (χ2v) is 6.76. The monoisotopic (exact) mass is 422 g/mol. The van der Waals surface area contributed by atoms with Crippen molar-refractivity contribution >= 4 is 11.8 Å². The van der Waals surface area contributed by atoms with Gasteiger partial charge in [-0.15, -0.1) is 13.2 Å². The van der Waals surface area contributed by atoms with Gasteiger partial charge in [-0.2, -0.15) is 0 Å². The molecule has 2 aromatic rings. The van der Waals surface area contributed by atoms with Crippen molar-refractivity contribution in [3.63, 3.8) is 0 Å². The third-order valence-electron chi connectivity index (χ3n) is 4.58. The van der Waals surface area contributed by atoms with Gasteiger partial charge >= 0.3 is 6.36 Å². The Morgan fingerprint density at radius 1 is 1.13 bits per heavy atom. The average molecular weight is 422 g/mol. The van der Waals surface area contributed by atoms with Gasteiger partial charge in [0.25, 0.3) is 5.91 Å². The van der Waals surface area contributed by atoms with E-state index in [0.717, 1.165) is 11.6 Å². The number of ether oxygens (including phenoxy) is 2. The second kappa shape index (κ2) is 9.62. The van der Waals surface area contributed by atoms with Gasteiger partial charge in [0.1, 0.15) is 12.4 Å². The second-order valence-electron chi connectivity index (χ2n) is 6.76. The molecule has 0 aliphatic carbocycles. The summed E-state index contributed by atoms with van der Waals surface area (Å²) in [7, 11) is 0. The fourth-order valence-electron chi connectivity index (χ4n) is 3.10. The Bertz CT molecular complexity index is 874. The highest BCUT2D eigenvalue weighted by molar-refractivity contribution is 5.96. The van der Waals surface area contributed by atoms with E-state index in [-0.39, 0.29) is 31.2 Å². The van der Waals surface area contributed by atoms with Crippen LogP contribution in [0.1, 0.15) is 15.9 Å². The number of nitrogens with zero attached hydrogens (tertiary/aromatic N) is 1. The normalized spacial score (nSPS) is 17.0. The molecule has 1 aliphatic rings. The van der Waals surface area contributed by atoms with E-state index in [9.17, 15) is 22.8 Å². The van der Waals surface area contributed by atoms with Crippen molar-refractivity contribution in [2.75, 3.05) is 26.2 Å². The SMILES string of the molecule is O=C(NCC1CN(CCc2ccccc2)C(=O)CO1)c1ccccc1OC(F)(F)F. The molecule has 0 aromatic heterocycles. The molecule has 1 N–H and O–H groups in total. The smallest absolute Gasteiger partial charge is 0.405 e. The quantitative estimate of drug-likeness (QED) is 0.745. The molecule has 6 nitrogen and oxygen atoms in total. The van der Waals surface area contributed by atoms with Gasteiger partial charge in [-0.25, -0.2) is 0 Å². The van der Waals surface area contributed by atoms with Crippen molar-refractivity contribution in [1.82, 2.24) is 10.2 Å². The van der Waals surface area contributed by atoms with Gasteiger partial charge in [0, 0.05) is 19.6 Å². The molecule has 3 rings (SSSR count). The number of morpholine rings is 1. The van der Waals surface area contributed by atoms with E-state index in [1.807, 2.05) is 30.3 Å². The van der Waals surface area contributed by atoms with Gasteiger partial charge in [-0.1, -0.05) is 42.5 Å². The van der Waals surface area contributed by atoms with E-state index >= 15 is 0 Å². The Kier molecular flexibility index (Phi) is 6.94. The zero-order valence-electron chi connectivity index (χ0n) is 16.0. The minimum absolute atomic E-state index is 0.0499. The first-order valence-electron chi connectivity index (χ1n) is 9.38.